The minimum Gasteiger partial charge on any atom is -0.391 e. The Morgan fingerprint density at radius 2 is 2.19 bits per heavy atom. The van der Waals surface area contributed by atoms with Crippen LogP contribution in [0.25, 0.3) is 0 Å². The van der Waals surface area contributed by atoms with Crippen molar-refractivity contribution in [1.82, 2.24) is 0 Å². The zero-order chi connectivity index (χ0) is 12.1. The Morgan fingerprint density at radius 1 is 1.56 bits per heavy atom. The molecule has 0 aliphatic heterocycles. The first-order valence-corrected chi connectivity index (χ1v) is 6.08. The van der Waals surface area contributed by atoms with Gasteiger partial charge in [-0.3, -0.25) is 4.79 Å². The van der Waals surface area contributed by atoms with Gasteiger partial charge in [-0.15, -0.1) is 12.3 Å². The zero-order valence-corrected chi connectivity index (χ0v) is 10.2. The van der Waals surface area contributed by atoms with E-state index in [9.17, 15) is 9.90 Å². The van der Waals surface area contributed by atoms with E-state index in [1.165, 1.54) is 0 Å². The van der Waals surface area contributed by atoms with Crippen molar-refractivity contribution in [2.45, 2.75) is 39.7 Å². The van der Waals surface area contributed by atoms with Crippen LogP contribution >= 0.6 is 0 Å². The van der Waals surface area contributed by atoms with E-state index in [0.717, 1.165) is 6.42 Å². The van der Waals surface area contributed by atoms with Gasteiger partial charge in [0.05, 0.1) is 6.10 Å². The summed E-state index contributed by atoms with van der Waals surface area (Å²) in [5.41, 5.74) is 0.214. The lowest BCUT2D eigenvalue weighted by Gasteiger charge is -2.27. The van der Waals surface area contributed by atoms with Gasteiger partial charge >= 0.3 is 0 Å². The number of aliphatic hydroxyl groups excluding tert-OH is 1. The lowest BCUT2D eigenvalue weighted by atomic mass is 9.79. The highest BCUT2D eigenvalue weighted by Gasteiger charge is 2.65. The summed E-state index contributed by atoms with van der Waals surface area (Å²) in [4.78, 5) is 12.0. The van der Waals surface area contributed by atoms with Crippen LogP contribution in [0.4, 0.5) is 0 Å². The Morgan fingerprint density at radius 3 is 2.75 bits per heavy atom. The maximum atomic E-state index is 12.0. The molecule has 2 aliphatic carbocycles. The van der Waals surface area contributed by atoms with Crippen LogP contribution in [-0.4, -0.2) is 17.0 Å². The molecule has 0 aromatic heterocycles. The molecule has 0 heterocycles. The fourth-order valence-electron chi connectivity index (χ4n) is 3.53. The first-order valence-electron chi connectivity index (χ1n) is 6.08. The normalized spacial score (nSPS) is 39.4. The Kier molecular flexibility index (Phi) is 2.62. The molecule has 2 heteroatoms. The maximum absolute atomic E-state index is 12.0. The first kappa shape index (κ1) is 11.7. The summed E-state index contributed by atoms with van der Waals surface area (Å²) in [5, 5.41) is 10.2. The van der Waals surface area contributed by atoms with Crippen LogP contribution in [-0.2, 0) is 4.79 Å². The van der Waals surface area contributed by atoms with Gasteiger partial charge in [0.15, 0.2) is 0 Å². The van der Waals surface area contributed by atoms with Crippen molar-refractivity contribution in [3.63, 3.8) is 0 Å². The fourth-order valence-corrected chi connectivity index (χ4v) is 3.53. The molecule has 0 bridgehead atoms. The second kappa shape index (κ2) is 3.60. The third kappa shape index (κ3) is 1.50. The zero-order valence-electron chi connectivity index (χ0n) is 10.2. The van der Waals surface area contributed by atoms with Crippen LogP contribution < -0.4 is 0 Å². The molecule has 2 aliphatic rings. The Hall–Kier alpha value is -0.810. The van der Waals surface area contributed by atoms with Gasteiger partial charge in [-0.25, -0.2) is 0 Å². The van der Waals surface area contributed by atoms with E-state index in [2.05, 4.69) is 19.8 Å². The van der Waals surface area contributed by atoms with Crippen molar-refractivity contribution < 1.29 is 9.90 Å². The summed E-state index contributed by atoms with van der Waals surface area (Å²) in [6.45, 7) is 6.21. The number of hydrogen-bond donors (Lipinski definition) is 1. The number of rotatable bonds is 2. The summed E-state index contributed by atoms with van der Waals surface area (Å²) in [5.74, 6) is 3.25. The highest BCUT2D eigenvalue weighted by molar-refractivity contribution is 5.84. The summed E-state index contributed by atoms with van der Waals surface area (Å²) in [7, 11) is 0. The van der Waals surface area contributed by atoms with Gasteiger partial charge in [-0.2, -0.15) is 0 Å². The average Bonchev–Trinajstić information content (AvgIpc) is 2.79. The van der Waals surface area contributed by atoms with Crippen molar-refractivity contribution in [2.75, 3.05) is 0 Å². The highest BCUT2D eigenvalue weighted by atomic mass is 16.3. The quantitative estimate of drug-likeness (QED) is 0.721. The molecule has 16 heavy (non-hydrogen) atoms. The first-order chi connectivity index (χ1) is 7.41. The smallest absolute Gasteiger partial charge is 0.138 e. The SMILES string of the molecule is C#C[C@@H](C)[C@@H](O)[C@@H]1C(=O)CC[C@@H]2[C@@H]1C2(C)C. The third-order valence-electron chi connectivity index (χ3n) is 4.74. The molecule has 2 saturated carbocycles. The Labute approximate surface area is 97.4 Å². The number of carbonyl (C=O) groups is 1. The van der Waals surface area contributed by atoms with Crippen molar-refractivity contribution >= 4 is 5.78 Å². The largest absolute Gasteiger partial charge is 0.391 e. The van der Waals surface area contributed by atoms with Crippen LogP contribution in [0.15, 0.2) is 0 Å². The number of aliphatic hydroxyl groups is 1. The van der Waals surface area contributed by atoms with Crippen LogP contribution in [0.3, 0.4) is 0 Å². The molecule has 0 amide bonds. The number of Topliss-reactive ketones (excluding diaryl/α,β-unsaturated/α-hetero) is 1. The standard InChI is InChI=1S/C14H20O2/c1-5-8(2)13(16)11-10(15)7-6-9-12(11)14(9,3)4/h1,8-9,11-13,16H,6-7H2,2-4H3/t8-,9-,11-,12+,13-/m1/s1. The molecule has 0 aromatic rings. The van der Waals surface area contributed by atoms with E-state index >= 15 is 0 Å². The van der Waals surface area contributed by atoms with Crippen molar-refractivity contribution in [2.24, 2.45) is 29.1 Å². The van der Waals surface area contributed by atoms with E-state index < -0.39 is 6.10 Å². The number of hydrogen-bond acceptors (Lipinski definition) is 2. The fraction of sp³-hybridized carbons (Fsp3) is 0.786. The van der Waals surface area contributed by atoms with E-state index in [1.54, 1.807) is 0 Å². The molecule has 88 valence electrons. The molecule has 0 unspecified atom stereocenters. The second-order valence-electron chi connectivity index (χ2n) is 5.93. The number of carbonyl (C=O) groups excluding carboxylic acids is 1. The number of fused-ring (bicyclic) bond motifs is 1. The van der Waals surface area contributed by atoms with Gasteiger partial charge in [0.25, 0.3) is 0 Å². The Bertz CT molecular complexity index is 350. The molecular weight excluding hydrogens is 200 g/mol. The molecule has 1 N–H and O–H groups in total. The molecule has 2 fully saturated rings. The molecule has 0 saturated heterocycles. The predicted molar refractivity (Wildman–Crippen MR) is 62.5 cm³/mol. The van der Waals surface area contributed by atoms with Gasteiger partial charge in [0, 0.05) is 18.3 Å². The van der Waals surface area contributed by atoms with E-state index in [1.807, 2.05) is 6.92 Å². The van der Waals surface area contributed by atoms with Gasteiger partial charge in [0.1, 0.15) is 5.78 Å². The Balaban J connectivity index is 2.20. The van der Waals surface area contributed by atoms with Gasteiger partial charge in [-0.1, -0.05) is 13.8 Å². The minimum atomic E-state index is -0.660. The maximum Gasteiger partial charge on any atom is 0.138 e. The van der Waals surface area contributed by atoms with Crippen LogP contribution in [0, 0.1) is 41.4 Å². The molecule has 2 nitrogen and oxygen atoms in total. The molecule has 2 rings (SSSR count). The minimum absolute atomic E-state index is 0.210. The summed E-state index contributed by atoms with van der Waals surface area (Å²) in [6.07, 6.45) is 6.28. The lowest BCUT2D eigenvalue weighted by Crippen LogP contribution is -2.37. The summed E-state index contributed by atoms with van der Waals surface area (Å²) < 4.78 is 0. The predicted octanol–water partition coefficient (Wildman–Crippen LogP) is 1.87. The topological polar surface area (TPSA) is 37.3 Å². The van der Waals surface area contributed by atoms with E-state index in [0.29, 0.717) is 18.3 Å². The van der Waals surface area contributed by atoms with Crippen LogP contribution in [0.1, 0.15) is 33.6 Å². The van der Waals surface area contributed by atoms with E-state index in [4.69, 9.17) is 6.42 Å². The molecule has 0 radical (unpaired) electrons. The van der Waals surface area contributed by atoms with Crippen molar-refractivity contribution in [1.29, 1.82) is 0 Å². The highest BCUT2D eigenvalue weighted by Crippen LogP contribution is 2.66. The van der Waals surface area contributed by atoms with Gasteiger partial charge in [0.2, 0.25) is 0 Å². The average molecular weight is 220 g/mol. The van der Waals surface area contributed by atoms with Gasteiger partial charge in [-0.05, 0) is 30.6 Å². The third-order valence-corrected chi connectivity index (χ3v) is 4.74. The monoisotopic (exact) mass is 220 g/mol. The van der Waals surface area contributed by atoms with Crippen LogP contribution in [0.2, 0.25) is 0 Å². The lowest BCUT2D eigenvalue weighted by molar-refractivity contribution is -0.130. The molecule has 0 aromatic carbocycles. The molecule has 0 spiro atoms. The second-order valence-corrected chi connectivity index (χ2v) is 5.93. The van der Waals surface area contributed by atoms with Crippen molar-refractivity contribution in [3.8, 4) is 12.3 Å². The summed E-state index contributed by atoms with van der Waals surface area (Å²) in [6, 6.07) is 0. The van der Waals surface area contributed by atoms with Gasteiger partial charge < -0.3 is 5.11 Å². The molecular formula is C14H20O2. The van der Waals surface area contributed by atoms with E-state index in [-0.39, 0.29) is 23.0 Å². The number of ketones is 1. The summed E-state index contributed by atoms with van der Waals surface area (Å²) >= 11 is 0. The van der Waals surface area contributed by atoms with Crippen LogP contribution in [0.5, 0.6) is 0 Å². The molecule has 5 atom stereocenters. The van der Waals surface area contributed by atoms with Crippen molar-refractivity contribution in [3.05, 3.63) is 0 Å². The number of terminal acetylenes is 1.